The third kappa shape index (κ3) is 2.19. The summed E-state index contributed by atoms with van der Waals surface area (Å²) >= 11 is 0. The van der Waals surface area contributed by atoms with Gasteiger partial charge in [0.05, 0.1) is 17.3 Å². The van der Waals surface area contributed by atoms with Crippen molar-refractivity contribution in [2.75, 3.05) is 18.0 Å². The third-order valence-electron chi connectivity index (χ3n) is 5.72. The van der Waals surface area contributed by atoms with Crippen molar-refractivity contribution in [3.8, 4) is 18.4 Å². The lowest BCUT2D eigenvalue weighted by molar-refractivity contribution is 0.0566. The van der Waals surface area contributed by atoms with Gasteiger partial charge in [-0.2, -0.15) is 5.26 Å². The number of nitriles is 1. The standard InChI is InChI=1S/C20H19N3O/c1-2-15-18(16-5-3-4-6-17(16)22-19(15)24)23-9-7-20(8-10-23)11-14(12-20)13-21/h1,3-6,14H,7-12H2,(H,22,24). The van der Waals surface area contributed by atoms with Gasteiger partial charge in [-0.05, 0) is 37.2 Å². The molecule has 1 saturated carbocycles. The van der Waals surface area contributed by atoms with Crippen molar-refractivity contribution in [3.05, 3.63) is 40.2 Å². The molecule has 4 nitrogen and oxygen atoms in total. The van der Waals surface area contributed by atoms with Gasteiger partial charge in [-0.15, -0.1) is 6.42 Å². The van der Waals surface area contributed by atoms with Crippen LogP contribution in [0.3, 0.4) is 0 Å². The van der Waals surface area contributed by atoms with Gasteiger partial charge in [-0.25, -0.2) is 0 Å². The number of hydrogen-bond donors (Lipinski definition) is 1. The van der Waals surface area contributed by atoms with E-state index in [0.29, 0.717) is 11.0 Å². The zero-order chi connectivity index (χ0) is 16.7. The number of H-pyrrole nitrogens is 1. The van der Waals surface area contributed by atoms with Gasteiger partial charge in [-0.3, -0.25) is 4.79 Å². The molecule has 24 heavy (non-hydrogen) atoms. The van der Waals surface area contributed by atoms with Crippen LogP contribution in [0.15, 0.2) is 29.1 Å². The molecule has 0 unspecified atom stereocenters. The van der Waals surface area contributed by atoms with Crippen LogP contribution in [-0.2, 0) is 0 Å². The average molecular weight is 317 g/mol. The Balaban J connectivity index is 1.69. The molecule has 1 saturated heterocycles. The minimum atomic E-state index is -0.195. The summed E-state index contributed by atoms with van der Waals surface area (Å²) in [7, 11) is 0. The maximum absolute atomic E-state index is 12.3. The number of fused-ring (bicyclic) bond motifs is 1. The zero-order valence-corrected chi connectivity index (χ0v) is 13.5. The van der Waals surface area contributed by atoms with Crippen molar-refractivity contribution >= 4 is 16.6 Å². The predicted octanol–water partition coefficient (Wildman–Crippen LogP) is 3.03. The van der Waals surface area contributed by atoms with E-state index in [4.69, 9.17) is 11.7 Å². The van der Waals surface area contributed by atoms with Crippen molar-refractivity contribution in [1.82, 2.24) is 4.98 Å². The summed E-state index contributed by atoms with van der Waals surface area (Å²) in [6.07, 6.45) is 9.82. The van der Waals surface area contributed by atoms with Gasteiger partial charge in [0.15, 0.2) is 0 Å². The Labute approximate surface area is 141 Å². The van der Waals surface area contributed by atoms with Crippen LogP contribution in [0.25, 0.3) is 10.9 Å². The summed E-state index contributed by atoms with van der Waals surface area (Å²) in [4.78, 5) is 17.5. The molecular weight excluding hydrogens is 298 g/mol. The van der Waals surface area contributed by atoms with Crippen molar-refractivity contribution in [2.45, 2.75) is 25.7 Å². The molecule has 1 aliphatic heterocycles. The Morgan fingerprint density at radius 3 is 2.62 bits per heavy atom. The number of nitrogens with one attached hydrogen (secondary N) is 1. The maximum Gasteiger partial charge on any atom is 0.266 e. The molecule has 4 rings (SSSR count). The summed E-state index contributed by atoms with van der Waals surface area (Å²) in [5.41, 5.74) is 2.28. The highest BCUT2D eigenvalue weighted by atomic mass is 16.1. The normalized spacial score (nSPS) is 19.7. The van der Waals surface area contributed by atoms with Gasteiger partial charge in [0.1, 0.15) is 5.56 Å². The van der Waals surface area contributed by atoms with E-state index in [9.17, 15) is 4.79 Å². The fourth-order valence-electron chi connectivity index (χ4n) is 4.38. The lowest BCUT2D eigenvalue weighted by atomic mass is 9.58. The van der Waals surface area contributed by atoms with Gasteiger partial charge in [0, 0.05) is 24.4 Å². The van der Waals surface area contributed by atoms with Crippen LogP contribution in [0.4, 0.5) is 5.69 Å². The summed E-state index contributed by atoms with van der Waals surface area (Å²) in [5.74, 6) is 2.82. The quantitative estimate of drug-likeness (QED) is 0.823. The number of nitrogens with zero attached hydrogens (tertiary/aromatic N) is 2. The Bertz CT molecular complexity index is 928. The fourth-order valence-corrected chi connectivity index (χ4v) is 4.38. The van der Waals surface area contributed by atoms with Gasteiger partial charge in [0.2, 0.25) is 0 Å². The molecule has 1 aromatic heterocycles. The summed E-state index contributed by atoms with van der Waals surface area (Å²) in [6.45, 7) is 1.78. The van der Waals surface area contributed by atoms with Crippen LogP contribution in [0.1, 0.15) is 31.2 Å². The van der Waals surface area contributed by atoms with Crippen molar-refractivity contribution in [3.63, 3.8) is 0 Å². The van der Waals surface area contributed by atoms with Crippen molar-refractivity contribution in [2.24, 2.45) is 11.3 Å². The van der Waals surface area contributed by atoms with Crippen LogP contribution >= 0.6 is 0 Å². The molecule has 120 valence electrons. The molecule has 0 atom stereocenters. The molecule has 1 N–H and O–H groups in total. The molecule has 2 aromatic rings. The minimum absolute atomic E-state index is 0.195. The minimum Gasteiger partial charge on any atom is -0.370 e. The van der Waals surface area contributed by atoms with E-state index in [1.807, 2.05) is 24.3 Å². The number of aromatic nitrogens is 1. The summed E-state index contributed by atoms with van der Waals surface area (Å²) in [6, 6.07) is 10.2. The highest BCUT2D eigenvalue weighted by molar-refractivity contribution is 5.94. The fraction of sp³-hybridized carbons (Fsp3) is 0.400. The SMILES string of the molecule is C#Cc1c(N2CCC3(CC2)CC(C#N)C3)c2ccccc2[nH]c1=O. The maximum atomic E-state index is 12.3. The topological polar surface area (TPSA) is 59.9 Å². The number of piperidine rings is 1. The second-order valence-corrected chi connectivity index (χ2v) is 7.09. The first-order chi connectivity index (χ1) is 11.7. The van der Waals surface area contributed by atoms with Gasteiger partial charge >= 0.3 is 0 Å². The zero-order valence-electron chi connectivity index (χ0n) is 13.5. The monoisotopic (exact) mass is 317 g/mol. The van der Waals surface area contributed by atoms with E-state index in [-0.39, 0.29) is 11.5 Å². The van der Waals surface area contributed by atoms with Crippen LogP contribution in [-0.4, -0.2) is 18.1 Å². The molecule has 2 heterocycles. The van der Waals surface area contributed by atoms with Crippen LogP contribution in [0.5, 0.6) is 0 Å². The Hall–Kier alpha value is -2.72. The molecule has 1 spiro atoms. The van der Waals surface area contributed by atoms with Gasteiger partial charge < -0.3 is 9.88 Å². The molecule has 0 amide bonds. The number of terminal acetylenes is 1. The average Bonchev–Trinajstić information content (AvgIpc) is 2.58. The molecule has 4 heteroatoms. The first kappa shape index (κ1) is 14.8. The Morgan fingerprint density at radius 1 is 1.25 bits per heavy atom. The molecule has 1 aromatic carbocycles. The molecule has 2 fully saturated rings. The van der Waals surface area contributed by atoms with E-state index in [1.54, 1.807) is 0 Å². The van der Waals surface area contributed by atoms with E-state index in [1.165, 1.54) is 0 Å². The number of rotatable bonds is 1. The highest BCUT2D eigenvalue weighted by Gasteiger charge is 2.46. The number of anilines is 1. The molecular formula is C20H19N3O. The van der Waals surface area contributed by atoms with Crippen molar-refractivity contribution < 1.29 is 0 Å². The summed E-state index contributed by atoms with van der Waals surface area (Å²) < 4.78 is 0. The van der Waals surface area contributed by atoms with Crippen LogP contribution in [0.2, 0.25) is 0 Å². The Kier molecular flexibility index (Phi) is 3.36. The second-order valence-electron chi connectivity index (χ2n) is 7.09. The second kappa shape index (κ2) is 5.42. The van der Waals surface area contributed by atoms with Gasteiger partial charge in [-0.1, -0.05) is 24.1 Å². The number of hydrogen-bond acceptors (Lipinski definition) is 3. The molecule has 1 aliphatic carbocycles. The predicted molar refractivity (Wildman–Crippen MR) is 94.7 cm³/mol. The number of pyridine rings is 1. The van der Waals surface area contributed by atoms with Crippen LogP contribution in [0, 0.1) is 35.0 Å². The highest BCUT2D eigenvalue weighted by Crippen LogP contribution is 2.52. The summed E-state index contributed by atoms with van der Waals surface area (Å²) in [5, 5.41) is 10.0. The first-order valence-corrected chi connectivity index (χ1v) is 8.42. The van der Waals surface area contributed by atoms with Gasteiger partial charge in [0.25, 0.3) is 5.56 Å². The number of benzene rings is 1. The van der Waals surface area contributed by atoms with E-state index < -0.39 is 0 Å². The lowest BCUT2D eigenvalue weighted by Gasteiger charge is -2.50. The largest absolute Gasteiger partial charge is 0.370 e. The number of aromatic amines is 1. The molecule has 0 radical (unpaired) electrons. The molecule has 0 bridgehead atoms. The number of para-hydroxylation sites is 1. The van der Waals surface area contributed by atoms with E-state index in [2.05, 4.69) is 21.9 Å². The Morgan fingerprint density at radius 2 is 1.96 bits per heavy atom. The molecule has 2 aliphatic rings. The van der Waals surface area contributed by atoms with Crippen molar-refractivity contribution in [1.29, 1.82) is 5.26 Å². The van der Waals surface area contributed by atoms with E-state index >= 15 is 0 Å². The lowest BCUT2D eigenvalue weighted by Crippen LogP contribution is -2.47. The third-order valence-corrected chi connectivity index (χ3v) is 5.72. The smallest absolute Gasteiger partial charge is 0.266 e. The first-order valence-electron chi connectivity index (χ1n) is 8.42. The van der Waals surface area contributed by atoms with E-state index in [0.717, 1.165) is 55.4 Å². The van der Waals surface area contributed by atoms with Crippen LogP contribution < -0.4 is 10.5 Å².